The monoisotopic (exact) mass is 312 g/mol. The lowest BCUT2D eigenvalue weighted by Crippen LogP contribution is -2.12. The van der Waals surface area contributed by atoms with Crippen molar-refractivity contribution in [2.45, 2.75) is 19.3 Å². The summed E-state index contributed by atoms with van der Waals surface area (Å²) in [7, 11) is 1.66. The second kappa shape index (κ2) is 5.25. The lowest BCUT2D eigenvalue weighted by molar-refractivity contribution is -0.114. The summed E-state index contributed by atoms with van der Waals surface area (Å²) in [5.41, 5.74) is 4.46. The summed E-state index contributed by atoms with van der Waals surface area (Å²) in [6.07, 6.45) is 3.38. The van der Waals surface area contributed by atoms with Gasteiger partial charge in [-0.05, 0) is 49.1 Å². The molecule has 2 aliphatic rings. The van der Waals surface area contributed by atoms with E-state index in [1.165, 1.54) is 16.9 Å². The fourth-order valence-electron chi connectivity index (χ4n) is 3.12. The number of amides is 1. The molecule has 5 heteroatoms. The molecule has 4 rings (SSSR count). The first-order valence-electron chi connectivity index (χ1n) is 7.40. The molecule has 1 aromatic carbocycles. The molecule has 2 aromatic rings. The van der Waals surface area contributed by atoms with Crippen LogP contribution < -0.4 is 10.1 Å². The molecule has 0 spiro atoms. The van der Waals surface area contributed by atoms with Crippen molar-refractivity contribution in [2.75, 3.05) is 19.0 Å². The molecule has 0 bridgehead atoms. The van der Waals surface area contributed by atoms with Gasteiger partial charge in [-0.25, -0.2) is 0 Å². The molecule has 112 valence electrons. The summed E-state index contributed by atoms with van der Waals surface area (Å²) in [6, 6.07) is 7.89. The molecule has 1 aliphatic carbocycles. The van der Waals surface area contributed by atoms with Crippen molar-refractivity contribution in [3.63, 3.8) is 0 Å². The lowest BCUT2D eigenvalue weighted by atomic mass is 9.99. The largest absolute Gasteiger partial charge is 0.497 e. The molecule has 0 unspecified atom stereocenters. The average molecular weight is 312 g/mol. The molecule has 0 saturated heterocycles. The van der Waals surface area contributed by atoms with Crippen LogP contribution in [0.25, 0.3) is 0 Å². The Morgan fingerprint density at radius 3 is 2.82 bits per heavy atom. The van der Waals surface area contributed by atoms with E-state index in [2.05, 4.69) is 10.3 Å². The summed E-state index contributed by atoms with van der Waals surface area (Å²) in [4.78, 5) is 17.9. The van der Waals surface area contributed by atoms with E-state index in [-0.39, 0.29) is 12.5 Å². The van der Waals surface area contributed by atoms with Gasteiger partial charge in [-0.1, -0.05) is 0 Å². The molecule has 0 saturated carbocycles. The van der Waals surface area contributed by atoms with Crippen LogP contribution in [0.5, 0.6) is 5.75 Å². The van der Waals surface area contributed by atoms with Crippen molar-refractivity contribution >= 4 is 28.0 Å². The van der Waals surface area contributed by atoms with Crippen molar-refractivity contribution in [3.05, 3.63) is 45.8 Å². The Hall–Kier alpha value is -2.14. The van der Waals surface area contributed by atoms with Crippen molar-refractivity contribution in [3.8, 4) is 5.75 Å². The molecule has 1 N–H and O–H groups in total. The third kappa shape index (κ3) is 2.13. The van der Waals surface area contributed by atoms with E-state index in [1.54, 1.807) is 18.4 Å². The highest BCUT2D eigenvalue weighted by atomic mass is 32.1. The molecule has 1 aromatic heterocycles. The molecular weight excluding hydrogens is 296 g/mol. The van der Waals surface area contributed by atoms with E-state index in [0.29, 0.717) is 0 Å². The van der Waals surface area contributed by atoms with Gasteiger partial charge < -0.3 is 10.1 Å². The number of ether oxygens (including phenoxy) is 1. The zero-order valence-corrected chi connectivity index (χ0v) is 13.1. The van der Waals surface area contributed by atoms with Gasteiger partial charge >= 0.3 is 0 Å². The minimum absolute atomic E-state index is 0.0373. The predicted molar refractivity (Wildman–Crippen MR) is 88.5 cm³/mol. The fourth-order valence-corrected chi connectivity index (χ4v) is 4.43. The van der Waals surface area contributed by atoms with Crippen LogP contribution in [-0.4, -0.2) is 25.3 Å². The van der Waals surface area contributed by atoms with Gasteiger partial charge in [-0.3, -0.25) is 9.79 Å². The summed E-state index contributed by atoms with van der Waals surface area (Å²) in [5, 5.41) is 3.97. The van der Waals surface area contributed by atoms with Crippen LogP contribution in [0.2, 0.25) is 0 Å². The number of rotatable bonds is 2. The minimum atomic E-state index is -0.0373. The Kier molecular flexibility index (Phi) is 3.22. The Bertz CT molecular complexity index is 775. The smallest absolute Gasteiger partial charge is 0.246 e. The highest BCUT2D eigenvalue weighted by Crippen LogP contribution is 2.41. The SMILES string of the molecule is COc1ccc(C2=NCC(=O)Nc3sc4c(c32)CCC4)cc1. The Morgan fingerprint density at radius 2 is 2.05 bits per heavy atom. The maximum absolute atomic E-state index is 11.9. The number of aliphatic imine (C=N–C) groups is 1. The maximum Gasteiger partial charge on any atom is 0.246 e. The third-order valence-corrected chi connectivity index (χ3v) is 5.36. The van der Waals surface area contributed by atoms with Crippen LogP contribution in [0, 0.1) is 0 Å². The maximum atomic E-state index is 11.9. The minimum Gasteiger partial charge on any atom is -0.497 e. The van der Waals surface area contributed by atoms with Crippen molar-refractivity contribution < 1.29 is 9.53 Å². The molecule has 1 aliphatic heterocycles. The van der Waals surface area contributed by atoms with Gasteiger partial charge in [-0.15, -0.1) is 11.3 Å². The van der Waals surface area contributed by atoms with Crippen molar-refractivity contribution in [2.24, 2.45) is 4.99 Å². The van der Waals surface area contributed by atoms with Crippen LogP contribution in [0.3, 0.4) is 0 Å². The van der Waals surface area contributed by atoms with E-state index in [0.717, 1.165) is 40.4 Å². The molecular formula is C17H16N2O2S. The summed E-state index contributed by atoms with van der Waals surface area (Å²) >= 11 is 1.71. The normalized spacial score (nSPS) is 16.4. The fraction of sp³-hybridized carbons (Fsp3) is 0.294. The summed E-state index contributed by atoms with van der Waals surface area (Å²) < 4.78 is 5.22. The number of hydrogen-bond acceptors (Lipinski definition) is 4. The number of aryl methyl sites for hydroxylation is 1. The van der Waals surface area contributed by atoms with E-state index in [1.807, 2.05) is 24.3 Å². The topological polar surface area (TPSA) is 50.7 Å². The van der Waals surface area contributed by atoms with Crippen LogP contribution in [0.4, 0.5) is 5.00 Å². The first kappa shape index (κ1) is 13.5. The van der Waals surface area contributed by atoms with E-state index in [4.69, 9.17) is 4.74 Å². The lowest BCUT2D eigenvalue weighted by Gasteiger charge is -2.09. The highest BCUT2D eigenvalue weighted by Gasteiger charge is 2.28. The van der Waals surface area contributed by atoms with Gasteiger partial charge in [0.25, 0.3) is 0 Å². The van der Waals surface area contributed by atoms with Gasteiger partial charge in [0, 0.05) is 16.0 Å². The third-order valence-electron chi connectivity index (χ3n) is 4.16. The number of thiophene rings is 1. The second-order valence-electron chi connectivity index (χ2n) is 5.50. The van der Waals surface area contributed by atoms with Crippen molar-refractivity contribution in [1.82, 2.24) is 0 Å². The number of carbonyl (C=O) groups is 1. The van der Waals surface area contributed by atoms with Crippen LogP contribution in [0.15, 0.2) is 29.3 Å². The van der Waals surface area contributed by atoms with Gasteiger partial charge in [0.1, 0.15) is 17.3 Å². The number of nitrogens with zero attached hydrogens (tertiary/aromatic N) is 1. The Morgan fingerprint density at radius 1 is 1.23 bits per heavy atom. The van der Waals surface area contributed by atoms with Gasteiger partial charge in [0.05, 0.1) is 12.8 Å². The van der Waals surface area contributed by atoms with Gasteiger partial charge in [-0.2, -0.15) is 0 Å². The van der Waals surface area contributed by atoms with E-state index < -0.39 is 0 Å². The first-order chi connectivity index (χ1) is 10.8. The highest BCUT2D eigenvalue weighted by molar-refractivity contribution is 7.17. The number of carbonyl (C=O) groups excluding carboxylic acids is 1. The van der Waals surface area contributed by atoms with Crippen molar-refractivity contribution in [1.29, 1.82) is 0 Å². The molecule has 0 atom stereocenters. The summed E-state index contributed by atoms with van der Waals surface area (Å²) in [6.45, 7) is 0.178. The zero-order valence-electron chi connectivity index (χ0n) is 12.3. The molecule has 4 nitrogen and oxygen atoms in total. The Labute approximate surface area is 132 Å². The number of methoxy groups -OCH3 is 1. The predicted octanol–water partition coefficient (Wildman–Crippen LogP) is 3.03. The number of hydrogen-bond donors (Lipinski definition) is 1. The average Bonchev–Trinajstić information content (AvgIpc) is 3.06. The van der Waals surface area contributed by atoms with Crippen LogP contribution in [-0.2, 0) is 17.6 Å². The molecule has 0 fully saturated rings. The quantitative estimate of drug-likeness (QED) is 0.926. The number of fused-ring (bicyclic) bond motifs is 3. The van der Waals surface area contributed by atoms with Crippen LogP contribution >= 0.6 is 11.3 Å². The standard InChI is InChI=1S/C17H16N2O2S/c1-21-11-7-5-10(6-8-11)16-15-12-3-2-4-13(12)22-17(15)19-14(20)9-18-16/h5-8H,2-4,9H2,1H3,(H,19,20). The second-order valence-corrected chi connectivity index (χ2v) is 6.61. The molecule has 1 amide bonds. The number of anilines is 1. The molecule has 0 radical (unpaired) electrons. The molecule has 2 heterocycles. The molecule has 22 heavy (non-hydrogen) atoms. The van der Waals surface area contributed by atoms with E-state index in [9.17, 15) is 4.79 Å². The zero-order chi connectivity index (χ0) is 15.1. The number of benzene rings is 1. The Balaban J connectivity index is 1.86. The first-order valence-corrected chi connectivity index (χ1v) is 8.21. The number of nitrogens with one attached hydrogen (secondary N) is 1. The van der Waals surface area contributed by atoms with Crippen LogP contribution in [0.1, 0.15) is 28.0 Å². The van der Waals surface area contributed by atoms with Gasteiger partial charge in [0.2, 0.25) is 5.91 Å². The van der Waals surface area contributed by atoms with Gasteiger partial charge in [0.15, 0.2) is 0 Å². The van der Waals surface area contributed by atoms with E-state index >= 15 is 0 Å². The summed E-state index contributed by atoms with van der Waals surface area (Å²) in [5.74, 6) is 0.785.